The number of halogens is 1. The summed E-state index contributed by atoms with van der Waals surface area (Å²) < 4.78 is 6.20. The van der Waals surface area contributed by atoms with Crippen LogP contribution < -0.4 is 0 Å². The smallest absolute Gasteiger partial charge is 0.338 e. The van der Waals surface area contributed by atoms with Gasteiger partial charge in [-0.25, -0.2) is 9.79 Å². The first-order valence-corrected chi connectivity index (χ1v) is 9.97. The minimum absolute atomic E-state index is 0.0225. The molecule has 0 saturated carbocycles. The maximum Gasteiger partial charge on any atom is 0.338 e. The van der Waals surface area contributed by atoms with E-state index in [1.54, 1.807) is 11.8 Å². The van der Waals surface area contributed by atoms with Crippen LogP contribution in [-0.4, -0.2) is 33.8 Å². The van der Waals surface area contributed by atoms with Gasteiger partial charge in [-0.2, -0.15) is 0 Å². The van der Waals surface area contributed by atoms with Crippen molar-refractivity contribution in [3.8, 4) is 0 Å². The lowest BCUT2D eigenvalue weighted by Crippen LogP contribution is -2.40. The Morgan fingerprint density at radius 3 is 2.73 bits per heavy atom. The van der Waals surface area contributed by atoms with Gasteiger partial charge >= 0.3 is 5.97 Å². The van der Waals surface area contributed by atoms with Crippen molar-refractivity contribution in [3.63, 3.8) is 0 Å². The summed E-state index contributed by atoms with van der Waals surface area (Å²) in [5.74, 6) is -0.499. The molecule has 0 aromatic heterocycles. The summed E-state index contributed by atoms with van der Waals surface area (Å²) in [7, 11) is 0. The molecule has 2 aliphatic heterocycles. The number of amidine groups is 1. The van der Waals surface area contributed by atoms with Gasteiger partial charge in [-0.1, -0.05) is 59.4 Å². The Morgan fingerprint density at radius 1 is 1.42 bits per heavy atom. The second kappa shape index (κ2) is 7.80. The van der Waals surface area contributed by atoms with Gasteiger partial charge in [0.1, 0.15) is 6.61 Å². The van der Waals surface area contributed by atoms with E-state index in [2.05, 4.69) is 27.5 Å². The van der Waals surface area contributed by atoms with E-state index in [-0.39, 0.29) is 17.8 Å². The molecule has 0 aliphatic carbocycles. The highest BCUT2D eigenvalue weighted by molar-refractivity contribution is 9.10. The highest BCUT2D eigenvalue weighted by atomic mass is 79.9. The fourth-order valence-electron chi connectivity index (χ4n) is 3.02. The molecule has 1 saturated heterocycles. The first kappa shape index (κ1) is 18.9. The van der Waals surface area contributed by atoms with Crippen LogP contribution in [0.4, 0.5) is 0 Å². The minimum Gasteiger partial charge on any atom is -0.458 e. The third-order valence-corrected chi connectivity index (χ3v) is 6.11. The molecule has 2 aliphatic rings. The zero-order valence-electron chi connectivity index (χ0n) is 14.6. The highest BCUT2D eigenvalue weighted by Crippen LogP contribution is 2.44. The maximum atomic E-state index is 12.9. The van der Waals surface area contributed by atoms with Gasteiger partial charge in [0, 0.05) is 4.47 Å². The molecule has 3 rings (SSSR count). The van der Waals surface area contributed by atoms with Crippen LogP contribution in [0.3, 0.4) is 0 Å². The van der Waals surface area contributed by atoms with Crippen LogP contribution in [0.5, 0.6) is 0 Å². The molecule has 0 radical (unpaired) electrons. The summed E-state index contributed by atoms with van der Waals surface area (Å²) in [5, 5.41) is 0.468. The average Bonchev–Trinajstić information content (AvgIpc) is 2.94. The van der Waals surface area contributed by atoms with E-state index in [9.17, 15) is 9.59 Å². The molecule has 26 heavy (non-hydrogen) atoms. The zero-order valence-corrected chi connectivity index (χ0v) is 17.0. The van der Waals surface area contributed by atoms with Crippen molar-refractivity contribution in [1.29, 1.82) is 0 Å². The van der Waals surface area contributed by atoms with Crippen LogP contribution in [0.1, 0.15) is 31.9 Å². The van der Waals surface area contributed by atoms with Gasteiger partial charge in [0.15, 0.2) is 5.17 Å². The number of fused-ring (bicyclic) bond motifs is 1. The summed E-state index contributed by atoms with van der Waals surface area (Å²) in [5.41, 5.74) is 1.81. The normalized spacial score (nSPS) is 22.2. The Kier molecular flexibility index (Phi) is 5.67. The monoisotopic (exact) mass is 434 g/mol. The molecule has 2 heterocycles. The number of aliphatic imine (C=N–C) groups is 1. The van der Waals surface area contributed by atoms with Crippen LogP contribution in [0, 0.1) is 0 Å². The molecule has 0 bridgehead atoms. The number of hydrogen-bond acceptors (Lipinski definition) is 5. The van der Waals surface area contributed by atoms with Crippen LogP contribution in [0.25, 0.3) is 0 Å². The molecule has 5 nitrogen and oxygen atoms in total. The number of rotatable bonds is 5. The highest BCUT2D eigenvalue weighted by Gasteiger charge is 2.47. The van der Waals surface area contributed by atoms with Gasteiger partial charge in [-0.3, -0.25) is 9.69 Å². The molecular weight excluding hydrogens is 416 g/mol. The van der Waals surface area contributed by atoms with Gasteiger partial charge in [0.25, 0.3) is 0 Å². The molecule has 1 fully saturated rings. The quantitative estimate of drug-likeness (QED) is 0.514. The van der Waals surface area contributed by atoms with Crippen molar-refractivity contribution in [2.24, 2.45) is 4.99 Å². The van der Waals surface area contributed by atoms with Gasteiger partial charge in [-0.05, 0) is 31.0 Å². The number of benzene rings is 1. The lowest BCUT2D eigenvalue weighted by molar-refractivity contribution is -0.139. The summed E-state index contributed by atoms with van der Waals surface area (Å²) in [6.45, 7) is 7.44. The standard InChI is InChI=1S/C19H19BrN2O3S/c1-4-10-25-18(24)15-11(3)21-19-22(17(23)14(5-2)26-19)16(15)12-6-8-13(20)9-7-12/h4,6-9,14,16H,1,5,10H2,2-3H3/t14-,16+/m1/s1. The Bertz CT molecular complexity index is 817. The largest absolute Gasteiger partial charge is 0.458 e. The molecule has 2 atom stereocenters. The number of nitrogens with zero attached hydrogens (tertiary/aromatic N) is 2. The van der Waals surface area contributed by atoms with Crippen molar-refractivity contribution < 1.29 is 14.3 Å². The van der Waals surface area contributed by atoms with E-state index in [0.717, 1.165) is 10.0 Å². The first-order valence-electron chi connectivity index (χ1n) is 8.30. The molecule has 0 N–H and O–H groups in total. The van der Waals surface area contributed by atoms with Crippen molar-refractivity contribution in [2.45, 2.75) is 31.6 Å². The predicted octanol–water partition coefficient (Wildman–Crippen LogP) is 4.22. The Balaban J connectivity index is 2.10. The summed E-state index contributed by atoms with van der Waals surface area (Å²) in [4.78, 5) is 31.8. The molecule has 7 heteroatoms. The maximum absolute atomic E-state index is 12.9. The van der Waals surface area contributed by atoms with E-state index in [4.69, 9.17) is 4.74 Å². The molecule has 1 amide bonds. The second-order valence-electron chi connectivity index (χ2n) is 5.96. The van der Waals surface area contributed by atoms with Crippen molar-refractivity contribution in [1.82, 2.24) is 4.90 Å². The Morgan fingerprint density at radius 2 is 2.12 bits per heavy atom. The second-order valence-corrected chi connectivity index (χ2v) is 8.04. The summed E-state index contributed by atoms with van der Waals surface area (Å²) in [6, 6.07) is 7.07. The zero-order chi connectivity index (χ0) is 18.8. The fraction of sp³-hybridized carbons (Fsp3) is 0.316. The Hall–Kier alpha value is -1.86. The fourth-order valence-corrected chi connectivity index (χ4v) is 4.42. The van der Waals surface area contributed by atoms with Gasteiger partial charge in [-0.15, -0.1) is 0 Å². The summed E-state index contributed by atoms with van der Waals surface area (Å²) >= 11 is 4.88. The topological polar surface area (TPSA) is 59.0 Å². The van der Waals surface area contributed by atoms with Crippen molar-refractivity contribution >= 4 is 44.7 Å². The number of carbonyl (C=O) groups is 2. The molecule has 1 aromatic rings. The Labute approximate surface area is 165 Å². The number of thioether (sulfide) groups is 1. The van der Waals surface area contributed by atoms with Gasteiger partial charge < -0.3 is 4.74 Å². The minimum atomic E-state index is -0.538. The number of carbonyl (C=O) groups excluding carboxylic acids is 2. The first-order chi connectivity index (χ1) is 12.5. The van der Waals surface area contributed by atoms with Gasteiger partial charge in [0.2, 0.25) is 5.91 Å². The number of ether oxygens (including phenoxy) is 1. The average molecular weight is 435 g/mol. The third kappa shape index (κ3) is 3.38. The number of allylic oxidation sites excluding steroid dienone is 1. The predicted molar refractivity (Wildman–Crippen MR) is 107 cm³/mol. The van der Waals surface area contributed by atoms with E-state index in [1.165, 1.54) is 17.8 Å². The molecule has 0 unspecified atom stereocenters. The van der Waals surface area contributed by atoms with Crippen molar-refractivity contribution in [3.05, 3.63) is 58.2 Å². The van der Waals surface area contributed by atoms with E-state index >= 15 is 0 Å². The summed E-state index contributed by atoms with van der Waals surface area (Å²) in [6.07, 6.45) is 2.23. The van der Waals surface area contributed by atoms with Crippen LogP contribution in [0.15, 0.2) is 57.7 Å². The molecule has 136 valence electrons. The lowest BCUT2D eigenvalue weighted by atomic mass is 9.94. The van der Waals surface area contributed by atoms with Gasteiger partial charge in [0.05, 0.1) is 22.6 Å². The number of amides is 1. The molecule has 0 spiro atoms. The number of hydrogen-bond donors (Lipinski definition) is 0. The third-order valence-electron chi connectivity index (χ3n) is 4.26. The van der Waals surface area contributed by atoms with E-state index < -0.39 is 12.0 Å². The molecule has 1 aromatic carbocycles. The molecular formula is C19H19BrN2O3S. The lowest BCUT2D eigenvalue weighted by Gasteiger charge is -2.33. The van der Waals surface area contributed by atoms with Crippen LogP contribution in [-0.2, 0) is 14.3 Å². The van der Waals surface area contributed by atoms with E-state index in [1.807, 2.05) is 31.2 Å². The number of esters is 1. The van der Waals surface area contributed by atoms with Crippen molar-refractivity contribution in [2.75, 3.05) is 6.61 Å². The van der Waals surface area contributed by atoms with Crippen LogP contribution in [0.2, 0.25) is 0 Å². The van der Waals surface area contributed by atoms with Crippen LogP contribution >= 0.6 is 27.7 Å². The SMILES string of the molecule is C=CCOC(=O)C1=C(C)N=C2S[C@H](CC)C(=O)N2[C@H]1c1ccc(Br)cc1. The van der Waals surface area contributed by atoms with E-state index in [0.29, 0.717) is 22.9 Å².